The van der Waals surface area contributed by atoms with E-state index in [4.69, 9.17) is 13.6 Å². The second-order valence-electron chi connectivity index (χ2n) is 7.27. The number of methoxy groups -OCH3 is 1. The molecule has 1 atom stereocenters. The number of ether oxygens (including phenoxy) is 1. The van der Waals surface area contributed by atoms with Crippen molar-refractivity contribution in [3.8, 4) is 5.75 Å². The van der Waals surface area contributed by atoms with Crippen molar-refractivity contribution in [1.82, 2.24) is 15.2 Å². The lowest BCUT2D eigenvalue weighted by atomic mass is 10.1. The van der Waals surface area contributed by atoms with Crippen LogP contribution >= 0.6 is 23.1 Å². The van der Waals surface area contributed by atoms with Gasteiger partial charge in [-0.05, 0) is 41.3 Å². The zero-order valence-corrected chi connectivity index (χ0v) is 19.3. The maximum Gasteiger partial charge on any atom is 0.277 e. The fraction of sp³-hybridized carbons (Fsp3) is 0.217. The first kappa shape index (κ1) is 21.5. The van der Waals surface area contributed by atoms with Crippen LogP contribution in [-0.4, -0.2) is 39.7 Å². The van der Waals surface area contributed by atoms with Crippen LogP contribution in [0.15, 0.2) is 79.3 Å². The van der Waals surface area contributed by atoms with Crippen molar-refractivity contribution < 1.29 is 18.4 Å². The van der Waals surface area contributed by atoms with E-state index in [1.54, 1.807) is 24.7 Å². The minimum atomic E-state index is -0.265. The lowest BCUT2D eigenvalue weighted by Gasteiger charge is -2.19. The molecule has 1 aliphatic rings. The normalized spacial score (nSPS) is 15.6. The summed E-state index contributed by atoms with van der Waals surface area (Å²) in [6, 6.07) is 15.1. The monoisotopic (exact) mass is 480 g/mol. The van der Waals surface area contributed by atoms with Crippen LogP contribution in [0.3, 0.4) is 0 Å². The van der Waals surface area contributed by atoms with Crippen molar-refractivity contribution in [3.05, 3.63) is 82.3 Å². The molecular formula is C23H20N4O4S2. The Morgan fingerprint density at radius 1 is 1.21 bits per heavy atom. The number of aromatic nitrogens is 2. The Morgan fingerprint density at radius 2 is 2.09 bits per heavy atom. The molecule has 0 saturated heterocycles. The molecule has 0 unspecified atom stereocenters. The molecule has 1 aromatic carbocycles. The molecule has 5 rings (SSSR count). The number of hydrogen-bond acceptors (Lipinski definition) is 9. The first-order chi connectivity index (χ1) is 16.2. The Labute approximate surface area is 198 Å². The second kappa shape index (κ2) is 9.63. The molecule has 168 valence electrons. The summed E-state index contributed by atoms with van der Waals surface area (Å²) in [6.45, 7) is 0. The highest BCUT2D eigenvalue weighted by Gasteiger charge is 2.35. The van der Waals surface area contributed by atoms with Gasteiger partial charge in [0.1, 0.15) is 17.6 Å². The van der Waals surface area contributed by atoms with E-state index in [1.807, 2.05) is 53.9 Å². The average molecular weight is 481 g/mol. The van der Waals surface area contributed by atoms with Crippen molar-refractivity contribution in [1.29, 1.82) is 0 Å². The third-order valence-corrected chi connectivity index (χ3v) is 6.85. The molecular weight excluding hydrogens is 460 g/mol. The Morgan fingerprint density at radius 3 is 2.82 bits per heavy atom. The lowest BCUT2D eigenvalue weighted by molar-refractivity contribution is -0.130. The summed E-state index contributed by atoms with van der Waals surface area (Å²) in [6.07, 6.45) is 2.72. The van der Waals surface area contributed by atoms with Gasteiger partial charge in [-0.3, -0.25) is 4.79 Å². The number of carbonyl (C=O) groups excluding carboxylic acids is 1. The van der Waals surface area contributed by atoms with Crippen molar-refractivity contribution >= 4 is 34.7 Å². The summed E-state index contributed by atoms with van der Waals surface area (Å²) in [5.74, 6) is 1.97. The standard InChI is InChI=1S/C23H20N4O4S2/c1-29-16-8-6-15(7-9-16)12-21-24-25-23(31-21)33-14-22(28)27-18(19-4-2-10-30-19)13-17(26-27)20-5-3-11-32-20/h2-11,18H,12-14H2,1H3/t18-/m0/s1. The first-order valence-corrected chi connectivity index (χ1v) is 12.1. The number of amides is 1. The molecule has 0 N–H and O–H groups in total. The number of hydrogen-bond donors (Lipinski definition) is 0. The highest BCUT2D eigenvalue weighted by Crippen LogP contribution is 2.34. The highest BCUT2D eigenvalue weighted by molar-refractivity contribution is 7.99. The van der Waals surface area contributed by atoms with Gasteiger partial charge in [-0.1, -0.05) is 30.0 Å². The van der Waals surface area contributed by atoms with Gasteiger partial charge in [0.15, 0.2) is 0 Å². The summed E-state index contributed by atoms with van der Waals surface area (Å²) in [4.78, 5) is 14.1. The molecule has 4 aromatic rings. The van der Waals surface area contributed by atoms with Crippen LogP contribution in [0.1, 0.15) is 34.6 Å². The van der Waals surface area contributed by atoms with E-state index in [0.29, 0.717) is 29.7 Å². The van der Waals surface area contributed by atoms with Crippen molar-refractivity contribution in [2.75, 3.05) is 12.9 Å². The molecule has 1 aliphatic heterocycles. The number of hydrazone groups is 1. The average Bonchev–Trinajstić information content (AvgIpc) is 3.63. The van der Waals surface area contributed by atoms with Gasteiger partial charge in [0, 0.05) is 6.42 Å². The van der Waals surface area contributed by atoms with E-state index >= 15 is 0 Å². The SMILES string of the molecule is COc1ccc(Cc2nnc(SCC(=O)N3N=C(c4cccs4)C[C@H]3c3ccco3)o2)cc1. The van der Waals surface area contributed by atoms with Crippen molar-refractivity contribution in [2.45, 2.75) is 24.1 Å². The number of thiophene rings is 1. The fourth-order valence-corrected chi connectivity index (χ4v) is 4.86. The topological polar surface area (TPSA) is 94.0 Å². The van der Waals surface area contributed by atoms with Crippen molar-refractivity contribution in [3.63, 3.8) is 0 Å². The summed E-state index contributed by atoms with van der Waals surface area (Å²) in [7, 11) is 1.63. The quantitative estimate of drug-likeness (QED) is 0.335. The van der Waals surface area contributed by atoms with E-state index < -0.39 is 0 Å². The maximum absolute atomic E-state index is 13.1. The maximum atomic E-state index is 13.1. The van der Waals surface area contributed by atoms with E-state index in [1.165, 1.54) is 16.8 Å². The zero-order valence-electron chi connectivity index (χ0n) is 17.7. The highest BCUT2D eigenvalue weighted by atomic mass is 32.2. The van der Waals surface area contributed by atoms with Crippen molar-refractivity contribution in [2.24, 2.45) is 5.10 Å². The van der Waals surface area contributed by atoms with E-state index in [9.17, 15) is 4.79 Å². The van der Waals surface area contributed by atoms with Gasteiger partial charge >= 0.3 is 0 Å². The van der Waals surface area contributed by atoms with Crippen LogP contribution in [-0.2, 0) is 11.2 Å². The third-order valence-electron chi connectivity index (χ3n) is 5.12. The van der Waals surface area contributed by atoms with Gasteiger partial charge in [-0.25, -0.2) is 5.01 Å². The van der Waals surface area contributed by atoms with Crippen LogP contribution in [0, 0.1) is 0 Å². The zero-order chi connectivity index (χ0) is 22.6. The van der Waals surface area contributed by atoms with Crippen LogP contribution in [0.2, 0.25) is 0 Å². The molecule has 0 bridgehead atoms. The van der Waals surface area contributed by atoms with E-state index in [2.05, 4.69) is 15.3 Å². The predicted octanol–water partition coefficient (Wildman–Crippen LogP) is 4.79. The van der Waals surface area contributed by atoms with Crippen LogP contribution < -0.4 is 4.74 Å². The number of thioether (sulfide) groups is 1. The summed E-state index contributed by atoms with van der Waals surface area (Å²) in [5, 5.41) is 16.6. The minimum Gasteiger partial charge on any atom is -0.497 e. The Bertz CT molecular complexity index is 1230. The smallest absolute Gasteiger partial charge is 0.277 e. The Kier molecular flexibility index (Phi) is 6.27. The van der Waals surface area contributed by atoms with Gasteiger partial charge < -0.3 is 13.6 Å². The van der Waals surface area contributed by atoms with Crippen LogP contribution in [0.25, 0.3) is 0 Å². The second-order valence-corrected chi connectivity index (χ2v) is 9.15. The Balaban J connectivity index is 1.24. The molecule has 0 spiro atoms. The number of benzene rings is 1. The molecule has 4 heterocycles. The first-order valence-electron chi connectivity index (χ1n) is 10.2. The number of nitrogens with zero attached hydrogens (tertiary/aromatic N) is 4. The van der Waals surface area contributed by atoms with Gasteiger partial charge in [-0.2, -0.15) is 5.10 Å². The summed E-state index contributed by atoms with van der Waals surface area (Å²) >= 11 is 2.81. The third kappa shape index (κ3) is 4.86. The van der Waals surface area contributed by atoms with Crippen LogP contribution in [0.5, 0.6) is 5.75 Å². The summed E-state index contributed by atoms with van der Waals surface area (Å²) < 4.78 is 16.5. The summed E-state index contributed by atoms with van der Waals surface area (Å²) in [5.41, 5.74) is 1.91. The number of rotatable bonds is 8. The lowest BCUT2D eigenvalue weighted by Crippen LogP contribution is -2.28. The van der Waals surface area contributed by atoms with Gasteiger partial charge in [0.25, 0.3) is 11.1 Å². The van der Waals surface area contributed by atoms with E-state index in [0.717, 1.165) is 21.9 Å². The van der Waals surface area contributed by atoms with Gasteiger partial charge in [0.05, 0.1) is 36.1 Å². The molecule has 0 radical (unpaired) electrons. The van der Waals surface area contributed by atoms with Gasteiger partial charge in [0.2, 0.25) is 5.89 Å². The molecule has 0 fully saturated rings. The molecule has 0 saturated carbocycles. The fourth-order valence-electron chi connectivity index (χ4n) is 3.51. The molecule has 10 heteroatoms. The van der Waals surface area contributed by atoms with Gasteiger partial charge in [-0.15, -0.1) is 21.5 Å². The van der Waals surface area contributed by atoms with Crippen LogP contribution in [0.4, 0.5) is 0 Å². The largest absolute Gasteiger partial charge is 0.497 e. The number of carbonyl (C=O) groups is 1. The molecule has 33 heavy (non-hydrogen) atoms. The molecule has 3 aromatic heterocycles. The minimum absolute atomic E-state index is 0.128. The molecule has 8 nitrogen and oxygen atoms in total. The van der Waals surface area contributed by atoms with E-state index in [-0.39, 0.29) is 17.7 Å². The number of furan rings is 1. The molecule has 0 aliphatic carbocycles. The molecule has 1 amide bonds. The predicted molar refractivity (Wildman–Crippen MR) is 125 cm³/mol. The Hall–Kier alpha value is -3.37.